The Labute approximate surface area is 175 Å². The fraction of sp³-hybridized carbons (Fsp3) is 0.304. The van der Waals surface area contributed by atoms with Gasteiger partial charge in [0, 0.05) is 41.9 Å². The van der Waals surface area contributed by atoms with Crippen molar-refractivity contribution in [3.8, 4) is 28.5 Å². The Balaban J connectivity index is 1.93. The Morgan fingerprint density at radius 2 is 2.00 bits per heavy atom. The smallest absolute Gasteiger partial charge is 0.251 e. The van der Waals surface area contributed by atoms with Crippen LogP contribution in [0.5, 0.6) is 5.88 Å². The van der Waals surface area contributed by atoms with Gasteiger partial charge in [0.25, 0.3) is 5.56 Å². The molecule has 0 unspecified atom stereocenters. The van der Waals surface area contributed by atoms with Crippen molar-refractivity contribution in [3.05, 3.63) is 64.1 Å². The monoisotopic (exact) mass is 406 g/mol. The largest absolute Gasteiger partial charge is 0.478 e. The molecule has 3 rings (SSSR count). The fourth-order valence-electron chi connectivity index (χ4n) is 2.93. The van der Waals surface area contributed by atoms with E-state index in [4.69, 9.17) is 4.74 Å². The van der Waals surface area contributed by atoms with Gasteiger partial charge in [-0.1, -0.05) is 26.0 Å². The molecule has 0 saturated carbocycles. The van der Waals surface area contributed by atoms with Crippen molar-refractivity contribution in [2.24, 2.45) is 5.92 Å². The lowest BCUT2D eigenvalue weighted by Gasteiger charge is -2.12. The van der Waals surface area contributed by atoms with Crippen LogP contribution < -0.4 is 15.6 Å². The van der Waals surface area contributed by atoms with Crippen LogP contribution in [0.15, 0.2) is 47.4 Å². The number of nitrogens with one attached hydrogen (secondary N) is 2. The molecule has 3 aromatic rings. The summed E-state index contributed by atoms with van der Waals surface area (Å²) in [7, 11) is 0. The summed E-state index contributed by atoms with van der Waals surface area (Å²) < 4.78 is 5.37. The maximum absolute atomic E-state index is 12.3. The standard InChI is InChI=1S/C23H26N4O3/c1-5-30-21-9-8-17(13-24-21)19-11-20(28)27-22(26-19)18-10-16(7-6-15(18)4)12-25-23(29)14(2)3/h6-11,13-14H,5,12H2,1-4H3,(H,25,29)(H,26,27,28). The van der Waals surface area contributed by atoms with Gasteiger partial charge in [0.15, 0.2) is 0 Å². The van der Waals surface area contributed by atoms with Crippen LogP contribution in [0.2, 0.25) is 0 Å². The first-order valence-corrected chi connectivity index (χ1v) is 9.95. The summed E-state index contributed by atoms with van der Waals surface area (Å²) in [5, 5.41) is 2.91. The molecule has 0 spiro atoms. The van der Waals surface area contributed by atoms with Crippen molar-refractivity contribution in [2.75, 3.05) is 6.61 Å². The molecule has 0 fully saturated rings. The third-order valence-corrected chi connectivity index (χ3v) is 4.61. The summed E-state index contributed by atoms with van der Waals surface area (Å²) in [5.74, 6) is 0.917. The molecule has 0 radical (unpaired) electrons. The Morgan fingerprint density at radius 3 is 2.67 bits per heavy atom. The molecule has 0 bridgehead atoms. The first kappa shape index (κ1) is 21.2. The molecule has 7 nitrogen and oxygen atoms in total. The zero-order chi connectivity index (χ0) is 21.7. The van der Waals surface area contributed by atoms with Gasteiger partial charge in [-0.15, -0.1) is 0 Å². The fourth-order valence-corrected chi connectivity index (χ4v) is 2.93. The lowest BCUT2D eigenvalue weighted by atomic mass is 10.0. The number of H-pyrrole nitrogens is 1. The second kappa shape index (κ2) is 9.35. The van der Waals surface area contributed by atoms with Crippen LogP contribution in [-0.4, -0.2) is 27.5 Å². The minimum Gasteiger partial charge on any atom is -0.478 e. The van der Waals surface area contributed by atoms with E-state index in [0.29, 0.717) is 30.5 Å². The number of aromatic amines is 1. The molecule has 0 saturated heterocycles. The molecule has 156 valence electrons. The highest BCUT2D eigenvalue weighted by Gasteiger charge is 2.11. The molecule has 2 aromatic heterocycles. The summed E-state index contributed by atoms with van der Waals surface area (Å²) in [6.07, 6.45) is 1.64. The number of aryl methyl sites for hydroxylation is 1. The van der Waals surface area contributed by atoms with Crippen LogP contribution in [-0.2, 0) is 11.3 Å². The van der Waals surface area contributed by atoms with Gasteiger partial charge in [-0.25, -0.2) is 9.97 Å². The zero-order valence-electron chi connectivity index (χ0n) is 17.7. The number of rotatable bonds is 7. The van der Waals surface area contributed by atoms with Crippen molar-refractivity contribution in [1.29, 1.82) is 0 Å². The molecular weight excluding hydrogens is 380 g/mol. The first-order valence-electron chi connectivity index (χ1n) is 9.95. The normalized spacial score (nSPS) is 10.8. The average molecular weight is 406 g/mol. The summed E-state index contributed by atoms with van der Waals surface area (Å²) >= 11 is 0. The van der Waals surface area contributed by atoms with Gasteiger partial charge in [-0.2, -0.15) is 0 Å². The van der Waals surface area contributed by atoms with Gasteiger partial charge in [0.2, 0.25) is 11.8 Å². The van der Waals surface area contributed by atoms with E-state index in [1.807, 2.05) is 52.0 Å². The van der Waals surface area contributed by atoms with Crippen LogP contribution in [0.1, 0.15) is 31.9 Å². The lowest BCUT2D eigenvalue weighted by molar-refractivity contribution is -0.124. The Morgan fingerprint density at radius 1 is 1.20 bits per heavy atom. The molecular formula is C23H26N4O3. The number of ether oxygens (including phenoxy) is 1. The number of nitrogens with zero attached hydrogens (tertiary/aromatic N) is 2. The van der Waals surface area contributed by atoms with Gasteiger partial charge < -0.3 is 15.0 Å². The summed E-state index contributed by atoms with van der Waals surface area (Å²) in [5.41, 5.74) is 3.72. The number of carbonyl (C=O) groups is 1. The van der Waals surface area contributed by atoms with Crippen molar-refractivity contribution >= 4 is 5.91 Å². The molecule has 7 heteroatoms. The van der Waals surface area contributed by atoms with Crippen LogP contribution in [0.25, 0.3) is 22.6 Å². The molecule has 2 heterocycles. The van der Waals surface area contributed by atoms with Crippen molar-refractivity contribution < 1.29 is 9.53 Å². The molecule has 2 N–H and O–H groups in total. The summed E-state index contributed by atoms with van der Waals surface area (Å²) in [6, 6.07) is 10.9. The van der Waals surface area contributed by atoms with E-state index in [9.17, 15) is 9.59 Å². The third-order valence-electron chi connectivity index (χ3n) is 4.61. The highest BCUT2D eigenvalue weighted by molar-refractivity contribution is 5.77. The predicted molar refractivity (Wildman–Crippen MR) is 116 cm³/mol. The zero-order valence-corrected chi connectivity index (χ0v) is 17.7. The molecule has 1 amide bonds. The highest BCUT2D eigenvalue weighted by Crippen LogP contribution is 2.24. The average Bonchev–Trinajstić information content (AvgIpc) is 2.73. The molecule has 30 heavy (non-hydrogen) atoms. The molecule has 0 aliphatic carbocycles. The Bertz CT molecular complexity index is 1090. The number of aromatic nitrogens is 3. The second-order valence-electron chi connectivity index (χ2n) is 7.32. The summed E-state index contributed by atoms with van der Waals surface area (Å²) in [4.78, 5) is 35.9. The van der Waals surface area contributed by atoms with E-state index < -0.39 is 0 Å². The van der Waals surface area contributed by atoms with E-state index in [1.165, 1.54) is 6.07 Å². The van der Waals surface area contributed by atoms with Gasteiger partial charge in [0.05, 0.1) is 12.3 Å². The van der Waals surface area contributed by atoms with E-state index in [-0.39, 0.29) is 17.4 Å². The van der Waals surface area contributed by atoms with Crippen molar-refractivity contribution in [2.45, 2.75) is 34.2 Å². The van der Waals surface area contributed by atoms with Gasteiger partial charge in [-0.3, -0.25) is 9.59 Å². The van der Waals surface area contributed by atoms with Crippen molar-refractivity contribution in [3.63, 3.8) is 0 Å². The molecule has 1 aromatic carbocycles. The number of hydrogen-bond acceptors (Lipinski definition) is 5. The van der Waals surface area contributed by atoms with Crippen molar-refractivity contribution in [1.82, 2.24) is 20.3 Å². The number of hydrogen-bond donors (Lipinski definition) is 2. The van der Waals surface area contributed by atoms with Crippen LogP contribution in [0.4, 0.5) is 0 Å². The number of pyridine rings is 1. The molecule has 0 atom stereocenters. The second-order valence-corrected chi connectivity index (χ2v) is 7.32. The topological polar surface area (TPSA) is 97.0 Å². The Hall–Kier alpha value is -3.48. The third kappa shape index (κ3) is 5.11. The first-order chi connectivity index (χ1) is 14.4. The maximum atomic E-state index is 12.3. The van der Waals surface area contributed by atoms with Crippen LogP contribution in [0, 0.1) is 12.8 Å². The van der Waals surface area contributed by atoms with Gasteiger partial charge in [0.1, 0.15) is 5.82 Å². The van der Waals surface area contributed by atoms with Crippen LogP contribution >= 0.6 is 0 Å². The lowest BCUT2D eigenvalue weighted by Crippen LogP contribution is -2.27. The molecule has 0 aliphatic heterocycles. The highest BCUT2D eigenvalue weighted by atomic mass is 16.5. The van der Waals surface area contributed by atoms with E-state index in [2.05, 4.69) is 20.3 Å². The quantitative estimate of drug-likeness (QED) is 0.626. The number of amides is 1. The van der Waals surface area contributed by atoms with E-state index in [0.717, 1.165) is 22.3 Å². The minimum absolute atomic E-state index is 0.00588. The van der Waals surface area contributed by atoms with Gasteiger partial charge in [-0.05, 0) is 37.1 Å². The predicted octanol–water partition coefficient (Wildman–Crippen LogP) is 3.48. The minimum atomic E-state index is -0.248. The number of benzene rings is 1. The maximum Gasteiger partial charge on any atom is 0.251 e. The van der Waals surface area contributed by atoms with Crippen LogP contribution in [0.3, 0.4) is 0 Å². The van der Waals surface area contributed by atoms with E-state index >= 15 is 0 Å². The number of carbonyl (C=O) groups excluding carboxylic acids is 1. The van der Waals surface area contributed by atoms with Gasteiger partial charge >= 0.3 is 0 Å². The summed E-state index contributed by atoms with van der Waals surface area (Å²) in [6.45, 7) is 8.50. The SMILES string of the molecule is CCOc1ccc(-c2cc(=O)[nH]c(-c3cc(CNC(=O)C(C)C)ccc3C)n2)cn1. The molecule has 0 aliphatic rings. The van der Waals surface area contributed by atoms with E-state index in [1.54, 1.807) is 12.3 Å². The Kier molecular flexibility index (Phi) is 6.61.